The van der Waals surface area contributed by atoms with E-state index in [9.17, 15) is 0 Å². The van der Waals surface area contributed by atoms with Crippen LogP contribution in [0.3, 0.4) is 0 Å². The minimum atomic E-state index is 1.02. The fourth-order valence-electron chi connectivity index (χ4n) is 1.58. The van der Waals surface area contributed by atoms with E-state index in [0.717, 1.165) is 33.4 Å². The quantitative estimate of drug-likeness (QED) is 0.626. The highest BCUT2D eigenvalue weighted by atomic mass is 14.1. The van der Waals surface area contributed by atoms with Crippen LogP contribution in [0.4, 0.5) is 0 Å². The summed E-state index contributed by atoms with van der Waals surface area (Å²) in [7, 11) is 0. The van der Waals surface area contributed by atoms with Crippen LogP contribution in [0.2, 0.25) is 0 Å². The largest absolute Gasteiger partial charge is 0.125 e. The van der Waals surface area contributed by atoms with Gasteiger partial charge in [0.05, 0.1) is 0 Å². The molecule has 0 bridgehead atoms. The Bertz CT molecular complexity index is 519. The smallest absolute Gasteiger partial charge is 0.00248 e. The van der Waals surface area contributed by atoms with Crippen molar-refractivity contribution < 1.29 is 0 Å². The summed E-state index contributed by atoms with van der Waals surface area (Å²) in [6.07, 6.45) is 0. The van der Waals surface area contributed by atoms with Crippen LogP contribution >= 0.6 is 0 Å². The Balaban J connectivity index is 3.62. The fraction of sp³-hybridized carbons (Fsp3) is 0.167. The fourth-order valence-corrected chi connectivity index (χ4v) is 1.58. The number of allylic oxidation sites excluding steroid dienone is 3. The van der Waals surface area contributed by atoms with Crippen molar-refractivity contribution in [2.75, 3.05) is 0 Å². The van der Waals surface area contributed by atoms with Gasteiger partial charge in [-0.15, -0.1) is 17.2 Å². The van der Waals surface area contributed by atoms with Crippen molar-refractivity contribution in [3.63, 3.8) is 0 Å². The minimum absolute atomic E-state index is 1.02. The molecule has 0 radical (unpaired) electrons. The Morgan fingerprint density at radius 2 is 0.889 bits per heavy atom. The summed E-state index contributed by atoms with van der Waals surface area (Å²) >= 11 is 0. The van der Waals surface area contributed by atoms with Gasteiger partial charge in [0, 0.05) is 0 Å². The second kappa shape index (κ2) is 5.92. The Labute approximate surface area is 110 Å². The van der Waals surface area contributed by atoms with Gasteiger partial charge in [0.1, 0.15) is 0 Å². The number of hydrogen-bond acceptors (Lipinski definition) is 0. The minimum Gasteiger partial charge on any atom is -0.125 e. The summed E-state index contributed by atoms with van der Waals surface area (Å²) in [6.45, 7) is 17.1. The highest BCUT2D eigenvalue weighted by Gasteiger charge is 2.05. The summed E-state index contributed by atoms with van der Waals surface area (Å²) < 4.78 is 0. The molecule has 18 heavy (non-hydrogen) atoms. The van der Waals surface area contributed by atoms with E-state index in [-0.39, 0.29) is 0 Å². The Morgan fingerprint density at radius 1 is 0.667 bits per heavy atom. The lowest BCUT2D eigenvalue weighted by molar-refractivity contribution is 1.47. The van der Waals surface area contributed by atoms with E-state index in [1.54, 1.807) is 0 Å². The molecule has 90 valence electrons. The molecule has 0 heterocycles. The van der Waals surface area contributed by atoms with Gasteiger partial charge < -0.3 is 0 Å². The van der Waals surface area contributed by atoms with Gasteiger partial charge in [-0.25, -0.2) is 0 Å². The Morgan fingerprint density at radius 3 is 1.06 bits per heavy atom. The van der Waals surface area contributed by atoms with Gasteiger partial charge in [0.25, 0.3) is 0 Å². The van der Waals surface area contributed by atoms with Crippen molar-refractivity contribution in [3.8, 4) is 0 Å². The summed E-state index contributed by atoms with van der Waals surface area (Å²) in [5.41, 5.74) is 15.1. The SMILES string of the molecule is C=C=C(C)c1cc(C(C)=C=C)cc(C(C)=C=C)c1. The molecule has 0 aliphatic carbocycles. The molecule has 0 aromatic heterocycles. The topological polar surface area (TPSA) is 0 Å². The van der Waals surface area contributed by atoms with Crippen molar-refractivity contribution >= 4 is 16.7 Å². The summed E-state index contributed by atoms with van der Waals surface area (Å²) in [6, 6.07) is 6.29. The first kappa shape index (κ1) is 13.8. The zero-order valence-corrected chi connectivity index (χ0v) is 11.4. The van der Waals surface area contributed by atoms with Crippen molar-refractivity contribution in [1.29, 1.82) is 0 Å². The molecule has 1 aromatic rings. The van der Waals surface area contributed by atoms with Crippen molar-refractivity contribution in [3.05, 3.63) is 71.8 Å². The zero-order chi connectivity index (χ0) is 13.7. The molecule has 0 unspecified atom stereocenters. The maximum absolute atomic E-state index is 3.69. The van der Waals surface area contributed by atoms with Gasteiger partial charge in [-0.2, -0.15) is 0 Å². The molecular formula is C18H18. The first-order valence-electron chi connectivity index (χ1n) is 5.79. The van der Waals surface area contributed by atoms with Crippen LogP contribution in [0, 0.1) is 0 Å². The van der Waals surface area contributed by atoms with E-state index < -0.39 is 0 Å². The van der Waals surface area contributed by atoms with Gasteiger partial charge >= 0.3 is 0 Å². The molecule has 0 aliphatic rings. The monoisotopic (exact) mass is 234 g/mol. The van der Waals surface area contributed by atoms with Crippen LogP contribution in [0.5, 0.6) is 0 Å². The highest BCUT2D eigenvalue weighted by molar-refractivity contribution is 5.76. The molecule has 0 heteroatoms. The van der Waals surface area contributed by atoms with Gasteiger partial charge in [-0.3, -0.25) is 0 Å². The normalized spacial score (nSPS) is 8.83. The number of hydrogen-bond donors (Lipinski definition) is 0. The lowest BCUT2D eigenvalue weighted by Crippen LogP contribution is -1.89. The third-order valence-electron chi connectivity index (χ3n) is 3.03. The van der Waals surface area contributed by atoms with Crippen molar-refractivity contribution in [2.24, 2.45) is 0 Å². The van der Waals surface area contributed by atoms with Crippen LogP contribution in [-0.4, -0.2) is 0 Å². The summed E-state index contributed by atoms with van der Waals surface area (Å²) in [5.74, 6) is 0. The van der Waals surface area contributed by atoms with Gasteiger partial charge in [-0.1, -0.05) is 19.7 Å². The maximum atomic E-state index is 3.69. The second-order valence-electron chi connectivity index (χ2n) is 4.20. The lowest BCUT2D eigenvalue weighted by Gasteiger charge is -2.09. The molecule has 1 rings (SSSR count). The van der Waals surface area contributed by atoms with Gasteiger partial charge in [0.2, 0.25) is 0 Å². The third-order valence-corrected chi connectivity index (χ3v) is 3.03. The van der Waals surface area contributed by atoms with E-state index in [1.807, 2.05) is 20.8 Å². The van der Waals surface area contributed by atoms with E-state index in [1.165, 1.54) is 0 Å². The highest BCUT2D eigenvalue weighted by Crippen LogP contribution is 2.25. The Kier molecular flexibility index (Phi) is 4.55. The van der Waals surface area contributed by atoms with E-state index >= 15 is 0 Å². The van der Waals surface area contributed by atoms with Gasteiger partial charge in [-0.05, 0) is 72.4 Å². The van der Waals surface area contributed by atoms with Crippen LogP contribution in [0.15, 0.2) is 55.1 Å². The molecule has 0 fully saturated rings. The van der Waals surface area contributed by atoms with Crippen LogP contribution in [-0.2, 0) is 0 Å². The van der Waals surface area contributed by atoms with Crippen LogP contribution in [0.1, 0.15) is 37.5 Å². The molecule has 0 spiro atoms. The molecule has 1 aromatic carbocycles. The average Bonchev–Trinajstić information content (AvgIpc) is 2.43. The first-order valence-corrected chi connectivity index (χ1v) is 5.79. The van der Waals surface area contributed by atoms with Crippen molar-refractivity contribution in [1.82, 2.24) is 0 Å². The molecule has 0 saturated heterocycles. The van der Waals surface area contributed by atoms with Crippen LogP contribution < -0.4 is 0 Å². The predicted octanol–water partition coefficient (Wildman–Crippen LogP) is 5.25. The van der Waals surface area contributed by atoms with Gasteiger partial charge in [0.15, 0.2) is 0 Å². The second-order valence-corrected chi connectivity index (χ2v) is 4.20. The summed E-state index contributed by atoms with van der Waals surface area (Å²) in [5, 5.41) is 0. The van der Waals surface area contributed by atoms with E-state index in [0.29, 0.717) is 0 Å². The molecule has 0 nitrogen and oxygen atoms in total. The Hall–Kier alpha value is -2.22. The molecular weight excluding hydrogens is 216 g/mol. The van der Waals surface area contributed by atoms with E-state index in [2.05, 4.69) is 55.1 Å². The van der Waals surface area contributed by atoms with E-state index in [4.69, 9.17) is 0 Å². The molecule has 0 atom stereocenters. The molecule has 0 amide bonds. The zero-order valence-electron chi connectivity index (χ0n) is 11.4. The lowest BCUT2D eigenvalue weighted by atomic mass is 9.95. The first-order chi connectivity index (χ1) is 8.53. The number of benzene rings is 1. The molecule has 0 aliphatic heterocycles. The van der Waals surface area contributed by atoms with Crippen LogP contribution in [0.25, 0.3) is 16.7 Å². The molecule has 0 saturated carbocycles. The summed E-state index contributed by atoms with van der Waals surface area (Å²) in [4.78, 5) is 0. The predicted molar refractivity (Wildman–Crippen MR) is 81.1 cm³/mol. The average molecular weight is 234 g/mol. The number of rotatable bonds is 3. The maximum Gasteiger partial charge on any atom is -0.00248 e. The molecule has 0 N–H and O–H groups in total. The standard InChI is InChI=1S/C18H18/c1-7-13(4)16-10-17(14(5)8-2)12-18(11-16)15(6)9-3/h10-12H,1-3H2,4-6H3. The third kappa shape index (κ3) is 2.92. The van der Waals surface area contributed by atoms with Crippen molar-refractivity contribution in [2.45, 2.75) is 20.8 Å².